The predicted molar refractivity (Wildman–Crippen MR) is 113 cm³/mol. The van der Waals surface area contributed by atoms with Crippen LogP contribution in [0, 0.1) is 5.92 Å². The van der Waals surface area contributed by atoms with Gasteiger partial charge in [0, 0.05) is 36.2 Å². The van der Waals surface area contributed by atoms with Crippen molar-refractivity contribution in [2.45, 2.75) is 39.7 Å². The Hall–Kier alpha value is -3.02. The number of carbonyl (C=O) groups excluding carboxylic acids is 2. The molecule has 1 N–H and O–H groups in total. The first-order chi connectivity index (χ1) is 14.0. The summed E-state index contributed by atoms with van der Waals surface area (Å²) in [6.07, 6.45) is 4.62. The molecule has 3 heterocycles. The number of anilines is 1. The molecule has 3 aromatic rings. The zero-order valence-corrected chi connectivity index (χ0v) is 17.0. The molecule has 1 aliphatic heterocycles. The highest BCUT2D eigenvalue weighted by Crippen LogP contribution is 2.27. The fourth-order valence-electron chi connectivity index (χ4n) is 3.84. The van der Waals surface area contributed by atoms with Gasteiger partial charge in [-0.1, -0.05) is 13.8 Å². The van der Waals surface area contributed by atoms with Crippen molar-refractivity contribution in [3.63, 3.8) is 0 Å². The second kappa shape index (κ2) is 8.15. The molecule has 1 aliphatic rings. The molecule has 1 saturated heterocycles. The lowest BCUT2D eigenvalue weighted by Gasteiger charge is -2.18. The number of hydrogen-bond donors (Lipinski definition) is 1. The number of nitrogens with zero attached hydrogens (tertiary/aromatic N) is 2. The van der Waals surface area contributed by atoms with E-state index in [-0.39, 0.29) is 17.6 Å². The van der Waals surface area contributed by atoms with Gasteiger partial charge in [0.2, 0.25) is 0 Å². The number of amides is 2. The van der Waals surface area contributed by atoms with Crippen LogP contribution in [0.2, 0.25) is 0 Å². The summed E-state index contributed by atoms with van der Waals surface area (Å²) >= 11 is 0. The van der Waals surface area contributed by atoms with Crippen LogP contribution in [0.3, 0.4) is 0 Å². The highest BCUT2D eigenvalue weighted by Gasteiger charge is 2.24. The fourth-order valence-corrected chi connectivity index (χ4v) is 3.84. The molecule has 6 heteroatoms. The minimum Gasteiger partial charge on any atom is -0.459 e. The molecule has 2 aromatic heterocycles. The van der Waals surface area contributed by atoms with Gasteiger partial charge in [-0.05, 0) is 61.6 Å². The molecule has 29 heavy (non-hydrogen) atoms. The standard InChI is InChI=1S/C23H27N3O3/c1-16(2)9-12-26-19-8-7-18(24-22(27)21-6-5-13-29-21)14-17(19)15-20(26)23(28)25-10-3-4-11-25/h5-8,13-16H,3-4,9-12H2,1-2H3,(H,24,27). The molecule has 1 fully saturated rings. The molecule has 0 unspecified atom stereocenters. The Labute approximate surface area is 170 Å². The van der Waals surface area contributed by atoms with Crippen LogP contribution < -0.4 is 5.32 Å². The summed E-state index contributed by atoms with van der Waals surface area (Å²) in [5, 5.41) is 3.81. The highest BCUT2D eigenvalue weighted by atomic mass is 16.3. The van der Waals surface area contributed by atoms with Gasteiger partial charge in [0.25, 0.3) is 11.8 Å². The Morgan fingerprint density at radius 2 is 1.93 bits per heavy atom. The summed E-state index contributed by atoms with van der Waals surface area (Å²) in [4.78, 5) is 27.3. The first-order valence-electron chi connectivity index (χ1n) is 10.3. The molecule has 0 atom stereocenters. The van der Waals surface area contributed by atoms with E-state index in [0.717, 1.165) is 55.5 Å². The van der Waals surface area contributed by atoms with Crippen molar-refractivity contribution in [3.05, 3.63) is 54.1 Å². The van der Waals surface area contributed by atoms with E-state index in [0.29, 0.717) is 11.6 Å². The van der Waals surface area contributed by atoms with E-state index in [1.165, 1.54) is 6.26 Å². The van der Waals surface area contributed by atoms with Gasteiger partial charge < -0.3 is 19.2 Å². The average molecular weight is 393 g/mol. The molecule has 0 saturated carbocycles. The molecular formula is C23H27N3O3. The second-order valence-electron chi connectivity index (χ2n) is 8.07. The van der Waals surface area contributed by atoms with Crippen molar-refractivity contribution < 1.29 is 14.0 Å². The maximum absolute atomic E-state index is 13.1. The number of aryl methyl sites for hydroxylation is 1. The molecule has 6 nitrogen and oxygen atoms in total. The lowest BCUT2D eigenvalue weighted by Crippen LogP contribution is -2.29. The average Bonchev–Trinajstić information content (AvgIpc) is 3.46. The molecule has 152 valence electrons. The maximum atomic E-state index is 13.1. The van der Waals surface area contributed by atoms with E-state index in [1.54, 1.807) is 12.1 Å². The van der Waals surface area contributed by atoms with Gasteiger partial charge in [0.05, 0.1) is 6.26 Å². The van der Waals surface area contributed by atoms with E-state index in [2.05, 4.69) is 23.7 Å². The van der Waals surface area contributed by atoms with Crippen LogP contribution in [0.1, 0.15) is 54.2 Å². The quantitative estimate of drug-likeness (QED) is 0.656. The number of rotatable bonds is 6. The van der Waals surface area contributed by atoms with Crippen LogP contribution in [0.25, 0.3) is 10.9 Å². The summed E-state index contributed by atoms with van der Waals surface area (Å²) in [7, 11) is 0. The van der Waals surface area contributed by atoms with Crippen LogP contribution in [0.4, 0.5) is 5.69 Å². The molecule has 1 aromatic carbocycles. The Morgan fingerprint density at radius 1 is 1.14 bits per heavy atom. The Balaban J connectivity index is 1.66. The van der Waals surface area contributed by atoms with Crippen molar-refractivity contribution in [1.82, 2.24) is 9.47 Å². The largest absolute Gasteiger partial charge is 0.459 e. The minimum absolute atomic E-state index is 0.101. The van der Waals surface area contributed by atoms with E-state index in [4.69, 9.17) is 4.42 Å². The summed E-state index contributed by atoms with van der Waals surface area (Å²) in [5.74, 6) is 0.629. The number of hydrogen-bond acceptors (Lipinski definition) is 3. The number of carbonyl (C=O) groups is 2. The molecule has 0 aliphatic carbocycles. The van der Waals surface area contributed by atoms with Gasteiger partial charge in [-0.25, -0.2) is 0 Å². The van der Waals surface area contributed by atoms with Gasteiger partial charge in [-0.3, -0.25) is 9.59 Å². The van der Waals surface area contributed by atoms with Crippen LogP contribution in [0.15, 0.2) is 47.1 Å². The molecule has 2 amide bonds. The van der Waals surface area contributed by atoms with Gasteiger partial charge in [-0.2, -0.15) is 0 Å². The van der Waals surface area contributed by atoms with E-state index in [1.807, 2.05) is 29.2 Å². The Kier molecular flexibility index (Phi) is 5.43. The van der Waals surface area contributed by atoms with Crippen LogP contribution >= 0.6 is 0 Å². The number of likely N-dealkylation sites (tertiary alicyclic amines) is 1. The maximum Gasteiger partial charge on any atom is 0.291 e. The summed E-state index contributed by atoms with van der Waals surface area (Å²) in [6.45, 7) is 6.84. The first-order valence-corrected chi connectivity index (χ1v) is 10.3. The Morgan fingerprint density at radius 3 is 2.62 bits per heavy atom. The zero-order valence-electron chi connectivity index (χ0n) is 17.0. The van der Waals surface area contributed by atoms with Gasteiger partial charge in [-0.15, -0.1) is 0 Å². The predicted octanol–water partition coefficient (Wildman–Crippen LogP) is 4.77. The van der Waals surface area contributed by atoms with Crippen LogP contribution in [-0.2, 0) is 6.54 Å². The van der Waals surface area contributed by atoms with Crippen LogP contribution in [0.5, 0.6) is 0 Å². The SMILES string of the molecule is CC(C)CCn1c(C(=O)N2CCCC2)cc2cc(NC(=O)c3ccco3)ccc21. The fraction of sp³-hybridized carbons (Fsp3) is 0.391. The normalized spacial score (nSPS) is 14.1. The van der Waals surface area contributed by atoms with E-state index in [9.17, 15) is 9.59 Å². The smallest absolute Gasteiger partial charge is 0.291 e. The number of furan rings is 1. The van der Waals surface area contributed by atoms with Crippen molar-refractivity contribution >= 4 is 28.4 Å². The summed E-state index contributed by atoms with van der Waals surface area (Å²) in [5.41, 5.74) is 2.43. The Bertz CT molecular complexity index is 1010. The van der Waals surface area contributed by atoms with Crippen molar-refractivity contribution in [3.8, 4) is 0 Å². The molecule has 0 spiro atoms. The molecule has 0 radical (unpaired) electrons. The zero-order chi connectivity index (χ0) is 20.4. The molecular weight excluding hydrogens is 366 g/mol. The van der Waals surface area contributed by atoms with Gasteiger partial charge >= 0.3 is 0 Å². The van der Waals surface area contributed by atoms with E-state index < -0.39 is 0 Å². The van der Waals surface area contributed by atoms with Crippen molar-refractivity contribution in [2.24, 2.45) is 5.92 Å². The molecule has 0 bridgehead atoms. The van der Waals surface area contributed by atoms with Crippen LogP contribution in [-0.4, -0.2) is 34.4 Å². The van der Waals surface area contributed by atoms with Crippen molar-refractivity contribution in [2.75, 3.05) is 18.4 Å². The minimum atomic E-state index is -0.290. The molecule has 4 rings (SSSR count). The monoisotopic (exact) mass is 393 g/mol. The van der Waals surface area contributed by atoms with Crippen molar-refractivity contribution in [1.29, 1.82) is 0 Å². The third-order valence-electron chi connectivity index (χ3n) is 5.45. The third kappa shape index (κ3) is 4.06. The van der Waals surface area contributed by atoms with Gasteiger partial charge in [0.1, 0.15) is 5.69 Å². The summed E-state index contributed by atoms with van der Waals surface area (Å²) in [6, 6.07) is 11.0. The number of aromatic nitrogens is 1. The topological polar surface area (TPSA) is 67.5 Å². The number of nitrogens with one attached hydrogen (secondary N) is 1. The number of fused-ring (bicyclic) bond motifs is 1. The highest BCUT2D eigenvalue weighted by molar-refractivity contribution is 6.04. The summed E-state index contributed by atoms with van der Waals surface area (Å²) < 4.78 is 7.29. The second-order valence-corrected chi connectivity index (χ2v) is 8.07. The third-order valence-corrected chi connectivity index (χ3v) is 5.45. The first kappa shape index (κ1) is 19.3. The lowest BCUT2D eigenvalue weighted by atomic mass is 10.1. The number of benzene rings is 1. The lowest BCUT2D eigenvalue weighted by molar-refractivity contribution is 0.0782. The van der Waals surface area contributed by atoms with E-state index >= 15 is 0 Å². The van der Waals surface area contributed by atoms with Gasteiger partial charge in [0.15, 0.2) is 5.76 Å².